The highest BCUT2D eigenvalue weighted by Crippen LogP contribution is 2.30. The van der Waals surface area contributed by atoms with E-state index < -0.39 is 0 Å². The fraction of sp³-hybridized carbons (Fsp3) is 0. The standard InChI is InChI=1S/C5H2Cl2N4O/c6-3-2-4(10-5(7)9-3)11(12)1-8-2/h1,11H. The Bertz CT molecular complexity index is 367. The zero-order valence-electron chi connectivity index (χ0n) is 5.58. The minimum absolute atomic E-state index is 0.0439. The molecule has 1 aliphatic rings. The average Bonchev–Trinajstić information content (AvgIpc) is 2.33. The lowest BCUT2D eigenvalue weighted by molar-refractivity contribution is -0.658. The Morgan fingerprint density at radius 1 is 1.33 bits per heavy atom. The molecule has 7 heteroatoms. The topological polar surface area (TPSA) is 65.6 Å². The molecule has 0 radical (unpaired) electrons. The van der Waals surface area contributed by atoms with Crippen molar-refractivity contribution in [1.29, 1.82) is 0 Å². The second kappa shape index (κ2) is 2.63. The zero-order chi connectivity index (χ0) is 8.72. The molecule has 0 fully saturated rings. The molecule has 1 unspecified atom stereocenters. The first kappa shape index (κ1) is 7.88. The fourth-order valence-electron chi connectivity index (χ4n) is 0.872. The number of quaternary nitrogens is 1. The first-order chi connectivity index (χ1) is 5.68. The highest BCUT2D eigenvalue weighted by atomic mass is 35.5. The van der Waals surface area contributed by atoms with Crippen LogP contribution in [0.25, 0.3) is 0 Å². The van der Waals surface area contributed by atoms with E-state index in [0.29, 0.717) is 5.69 Å². The monoisotopic (exact) mass is 204 g/mol. The molecule has 5 nitrogen and oxygen atoms in total. The van der Waals surface area contributed by atoms with Gasteiger partial charge in [-0.05, 0) is 11.6 Å². The normalized spacial score (nSPS) is 19.8. The molecule has 0 saturated carbocycles. The minimum Gasteiger partial charge on any atom is -0.621 e. The van der Waals surface area contributed by atoms with Crippen molar-refractivity contribution in [2.24, 2.45) is 4.99 Å². The van der Waals surface area contributed by atoms with Crippen LogP contribution in [0.4, 0.5) is 11.5 Å². The molecule has 0 spiro atoms. The smallest absolute Gasteiger partial charge is 0.264 e. The highest BCUT2D eigenvalue weighted by molar-refractivity contribution is 6.34. The second-order valence-corrected chi connectivity index (χ2v) is 2.80. The predicted octanol–water partition coefficient (Wildman–Crippen LogP) is 0.471. The Morgan fingerprint density at radius 3 is 2.83 bits per heavy atom. The molecule has 1 aromatic rings. The van der Waals surface area contributed by atoms with Gasteiger partial charge in [-0.1, -0.05) is 11.6 Å². The van der Waals surface area contributed by atoms with E-state index in [9.17, 15) is 5.21 Å². The molecule has 2 heterocycles. The van der Waals surface area contributed by atoms with E-state index in [-0.39, 0.29) is 21.3 Å². The average molecular weight is 205 g/mol. The molecule has 0 aliphatic carbocycles. The van der Waals surface area contributed by atoms with Gasteiger partial charge in [0.1, 0.15) is 0 Å². The lowest BCUT2D eigenvalue weighted by Gasteiger charge is -2.09. The van der Waals surface area contributed by atoms with Crippen LogP contribution in [0.2, 0.25) is 10.4 Å². The van der Waals surface area contributed by atoms with Crippen molar-refractivity contribution >= 4 is 41.0 Å². The molecule has 0 saturated heterocycles. The maximum absolute atomic E-state index is 11.0. The van der Waals surface area contributed by atoms with Crippen LogP contribution in [0.15, 0.2) is 4.99 Å². The predicted molar refractivity (Wildman–Crippen MR) is 44.2 cm³/mol. The number of fused-ring (bicyclic) bond motifs is 1. The van der Waals surface area contributed by atoms with E-state index >= 15 is 0 Å². The van der Waals surface area contributed by atoms with Gasteiger partial charge in [-0.3, -0.25) is 5.06 Å². The largest absolute Gasteiger partial charge is 0.621 e. The van der Waals surface area contributed by atoms with Crippen LogP contribution in [0.3, 0.4) is 0 Å². The molecule has 1 aromatic heterocycles. The molecular formula is C5H2Cl2N4O. The van der Waals surface area contributed by atoms with Crippen molar-refractivity contribution in [1.82, 2.24) is 9.97 Å². The maximum atomic E-state index is 11.0. The molecule has 62 valence electrons. The number of nitrogens with one attached hydrogen (secondary N) is 1. The minimum atomic E-state index is -0.295. The number of aromatic nitrogens is 2. The lowest BCUT2D eigenvalue weighted by Crippen LogP contribution is -3.00. The summed E-state index contributed by atoms with van der Waals surface area (Å²) in [5.41, 5.74) is 0.297. The number of aliphatic imine (C=N–C) groups is 1. The molecule has 0 amide bonds. The summed E-state index contributed by atoms with van der Waals surface area (Å²) in [5, 5.41) is 10.8. The van der Waals surface area contributed by atoms with Gasteiger partial charge in [0.25, 0.3) is 5.82 Å². The molecule has 2 rings (SSSR count). The van der Waals surface area contributed by atoms with E-state index in [0.717, 1.165) is 6.34 Å². The second-order valence-electron chi connectivity index (χ2n) is 2.10. The van der Waals surface area contributed by atoms with Crippen molar-refractivity contribution in [3.8, 4) is 0 Å². The number of hydroxylamine groups is 1. The summed E-state index contributed by atoms with van der Waals surface area (Å²) in [4.78, 5) is 11.1. The van der Waals surface area contributed by atoms with E-state index in [2.05, 4.69) is 15.0 Å². The summed E-state index contributed by atoms with van der Waals surface area (Å²) < 4.78 is 0. The van der Waals surface area contributed by atoms with E-state index in [4.69, 9.17) is 23.2 Å². The molecule has 1 atom stereocenters. The van der Waals surface area contributed by atoms with Crippen molar-refractivity contribution in [2.45, 2.75) is 0 Å². The Morgan fingerprint density at radius 2 is 2.08 bits per heavy atom. The third-order valence-corrected chi connectivity index (χ3v) is 1.79. The SMILES string of the molecule is [O-][NH+]1C=Nc2c(Cl)nc(Cl)nc21. The van der Waals surface area contributed by atoms with Gasteiger partial charge in [0, 0.05) is 0 Å². The number of halogens is 2. The van der Waals surface area contributed by atoms with Crippen LogP contribution in [0.1, 0.15) is 0 Å². The third-order valence-electron chi connectivity index (χ3n) is 1.36. The highest BCUT2D eigenvalue weighted by Gasteiger charge is 2.21. The van der Waals surface area contributed by atoms with Crippen molar-refractivity contribution < 1.29 is 5.06 Å². The first-order valence-electron chi connectivity index (χ1n) is 3.00. The summed E-state index contributed by atoms with van der Waals surface area (Å²) in [5.74, 6) is 0.167. The summed E-state index contributed by atoms with van der Waals surface area (Å²) in [7, 11) is 0. The van der Waals surface area contributed by atoms with Gasteiger partial charge in [0.15, 0.2) is 17.2 Å². The molecule has 12 heavy (non-hydrogen) atoms. The lowest BCUT2D eigenvalue weighted by atomic mass is 10.5. The van der Waals surface area contributed by atoms with Crippen LogP contribution >= 0.6 is 23.2 Å². The summed E-state index contributed by atoms with van der Waals surface area (Å²) >= 11 is 11.1. The van der Waals surface area contributed by atoms with Crippen LogP contribution in [-0.2, 0) is 0 Å². The number of hydrogen-bond acceptors (Lipinski definition) is 4. The fourth-order valence-corrected chi connectivity index (χ4v) is 1.30. The molecule has 0 aromatic carbocycles. The van der Waals surface area contributed by atoms with Gasteiger partial charge in [0.05, 0.1) is 0 Å². The van der Waals surface area contributed by atoms with Gasteiger partial charge in [0.2, 0.25) is 5.28 Å². The first-order valence-corrected chi connectivity index (χ1v) is 3.75. The van der Waals surface area contributed by atoms with Crippen LogP contribution in [0, 0.1) is 5.21 Å². The van der Waals surface area contributed by atoms with E-state index in [1.807, 2.05) is 0 Å². The summed E-state index contributed by atoms with van der Waals surface area (Å²) in [6.07, 6.45) is 1.14. The van der Waals surface area contributed by atoms with Gasteiger partial charge in [-0.2, -0.15) is 9.98 Å². The Labute approximate surface area is 77.2 Å². The van der Waals surface area contributed by atoms with E-state index in [1.54, 1.807) is 0 Å². The number of hydrogen-bond donors (Lipinski definition) is 1. The van der Waals surface area contributed by atoms with Crippen LogP contribution in [0.5, 0.6) is 0 Å². The van der Waals surface area contributed by atoms with Gasteiger partial charge in [-0.25, -0.2) is 4.98 Å². The molecule has 1 aliphatic heterocycles. The summed E-state index contributed by atoms with van der Waals surface area (Å²) in [6.45, 7) is 0. The van der Waals surface area contributed by atoms with Gasteiger partial charge >= 0.3 is 0 Å². The molecule has 0 bridgehead atoms. The Hall–Kier alpha value is -0.750. The maximum Gasteiger partial charge on any atom is 0.264 e. The van der Waals surface area contributed by atoms with Crippen LogP contribution in [-0.4, -0.2) is 16.3 Å². The molecular weight excluding hydrogens is 203 g/mol. The van der Waals surface area contributed by atoms with E-state index in [1.165, 1.54) is 0 Å². The van der Waals surface area contributed by atoms with Gasteiger partial charge < -0.3 is 5.21 Å². The number of rotatable bonds is 0. The van der Waals surface area contributed by atoms with Gasteiger partial charge in [-0.15, -0.1) is 0 Å². The quantitative estimate of drug-likeness (QED) is 0.380. The van der Waals surface area contributed by atoms with Crippen molar-refractivity contribution in [2.75, 3.05) is 0 Å². The molecule has 1 N–H and O–H groups in total. The van der Waals surface area contributed by atoms with Crippen molar-refractivity contribution in [3.05, 3.63) is 15.6 Å². The third kappa shape index (κ3) is 1.07. The Kier molecular flexibility index (Phi) is 1.73. The Balaban J connectivity index is 2.66. The zero-order valence-corrected chi connectivity index (χ0v) is 7.10. The summed E-state index contributed by atoms with van der Waals surface area (Å²) in [6, 6.07) is 0. The van der Waals surface area contributed by atoms with Crippen LogP contribution < -0.4 is 5.06 Å². The van der Waals surface area contributed by atoms with Crippen molar-refractivity contribution in [3.63, 3.8) is 0 Å². The number of nitrogens with zero attached hydrogens (tertiary/aromatic N) is 3.